The third-order valence-corrected chi connectivity index (χ3v) is 10.2. The third-order valence-electron chi connectivity index (χ3n) is 9.17. The largest absolute Gasteiger partial charge is 0.374 e. The number of likely N-dealkylation sites (N-methyl/N-ethyl adjacent to an activating group) is 4. The van der Waals surface area contributed by atoms with Crippen LogP contribution >= 0.6 is 34.8 Å². The molecule has 4 aromatic rings. The smallest absolute Gasteiger partial charge is 0.147 e. The van der Waals surface area contributed by atoms with E-state index in [1.54, 1.807) is 12.1 Å². The lowest BCUT2D eigenvalue weighted by atomic mass is 10.1. The number of nitrogens with zero attached hydrogens (tertiary/aromatic N) is 4. The lowest BCUT2D eigenvalue weighted by molar-refractivity contribution is 0.615. The number of hydrogen-bond acceptors (Lipinski definition) is 4. The summed E-state index contributed by atoms with van der Waals surface area (Å²) < 4.78 is 26.4. The van der Waals surface area contributed by atoms with Gasteiger partial charge in [-0.05, 0) is 97.8 Å². The molecule has 0 aromatic heterocycles. The Morgan fingerprint density at radius 3 is 1.76 bits per heavy atom. The topological polar surface area (TPSA) is 13.0 Å². The summed E-state index contributed by atoms with van der Waals surface area (Å²) in [6.45, 7) is 6.10. The lowest BCUT2D eigenvalue weighted by Crippen LogP contribution is -2.12. The van der Waals surface area contributed by atoms with Gasteiger partial charge in [0.05, 0.1) is 5.02 Å². The molecule has 0 saturated heterocycles. The van der Waals surface area contributed by atoms with Crippen molar-refractivity contribution in [3.05, 3.63) is 115 Å². The fourth-order valence-corrected chi connectivity index (χ4v) is 7.02. The Morgan fingerprint density at radius 2 is 1.09 bits per heavy atom. The molecule has 0 spiro atoms. The van der Waals surface area contributed by atoms with Gasteiger partial charge < -0.3 is 19.6 Å². The van der Waals surface area contributed by atoms with E-state index in [0.717, 1.165) is 84.4 Å². The number of fused-ring (bicyclic) bond motifs is 4. The summed E-state index contributed by atoms with van der Waals surface area (Å²) in [7, 11) is 8.17. The van der Waals surface area contributed by atoms with E-state index in [2.05, 4.69) is 60.0 Å². The molecule has 0 amide bonds. The fourth-order valence-electron chi connectivity index (χ4n) is 6.39. The van der Waals surface area contributed by atoms with Crippen molar-refractivity contribution in [1.82, 2.24) is 0 Å². The molecule has 0 saturated carbocycles. The van der Waals surface area contributed by atoms with Crippen molar-refractivity contribution in [2.24, 2.45) is 0 Å². The quantitative estimate of drug-likeness (QED) is 0.183. The highest BCUT2D eigenvalue weighted by atomic mass is 35.5. The molecule has 244 valence electrons. The van der Waals surface area contributed by atoms with Gasteiger partial charge >= 0.3 is 0 Å². The van der Waals surface area contributed by atoms with E-state index in [4.69, 9.17) is 34.8 Å². The highest BCUT2D eigenvalue weighted by Gasteiger charge is 2.21. The van der Waals surface area contributed by atoms with Crippen LogP contribution in [0.15, 0.2) is 60.7 Å². The van der Waals surface area contributed by atoms with Gasteiger partial charge in [-0.25, -0.2) is 8.78 Å². The van der Waals surface area contributed by atoms with Crippen molar-refractivity contribution in [1.29, 1.82) is 0 Å². The van der Waals surface area contributed by atoms with Crippen LogP contribution in [0.4, 0.5) is 31.5 Å². The normalized spacial score (nSPS) is 15.2. The second kappa shape index (κ2) is 14.7. The average Bonchev–Trinajstić information content (AvgIpc) is 3.81. The Labute approximate surface area is 287 Å². The molecule has 0 bridgehead atoms. The summed E-state index contributed by atoms with van der Waals surface area (Å²) in [5.74, 6) is -0.314. The van der Waals surface area contributed by atoms with Crippen molar-refractivity contribution in [2.75, 3.05) is 74.0 Å². The molecule has 4 aliphatic heterocycles. The second-order valence-corrected chi connectivity index (χ2v) is 13.5. The first-order valence-corrected chi connectivity index (χ1v) is 16.7. The maximum Gasteiger partial charge on any atom is 0.147 e. The average molecular weight is 686 g/mol. The first-order chi connectivity index (χ1) is 22.0. The standard InChI is InChI=1S/C10H12ClN.C9H9ClFN.C9H10ClN.C9H10FN/c1-7-3-4-9-8(10(7)11)5-6-12(9)2;1-12-5-4-6-8(12)3-2-7(10)9(6)11;1-11-5-4-7-6-8(10)2-3-9(7)11;1-11-6-5-7-8(10)3-2-4-9(7)11/h3-4H,5-6H2,1-2H3;2-3H,4-5H2,1H3;2-3,6H,4-5H2,1H3;2-4H,5-6H2,1H3. The van der Waals surface area contributed by atoms with E-state index in [0.29, 0.717) is 0 Å². The molecule has 9 heteroatoms. The molecule has 0 fully saturated rings. The van der Waals surface area contributed by atoms with Crippen molar-refractivity contribution in [2.45, 2.75) is 32.6 Å². The predicted molar refractivity (Wildman–Crippen MR) is 193 cm³/mol. The molecule has 0 unspecified atom stereocenters. The van der Waals surface area contributed by atoms with Crippen molar-refractivity contribution in [3.63, 3.8) is 0 Å². The van der Waals surface area contributed by atoms with Gasteiger partial charge in [0.15, 0.2) is 0 Å². The molecule has 46 heavy (non-hydrogen) atoms. The number of benzene rings is 4. The first kappa shape index (κ1) is 34.2. The number of rotatable bonds is 0. The predicted octanol–water partition coefficient (Wildman–Crippen LogP) is 9.26. The molecule has 4 heterocycles. The van der Waals surface area contributed by atoms with Crippen LogP contribution in [-0.2, 0) is 25.7 Å². The maximum atomic E-state index is 13.3. The maximum absolute atomic E-state index is 13.3. The van der Waals surface area contributed by atoms with E-state index >= 15 is 0 Å². The van der Waals surface area contributed by atoms with Crippen LogP contribution < -0.4 is 19.6 Å². The lowest BCUT2D eigenvalue weighted by Gasteiger charge is -2.12. The summed E-state index contributed by atoms with van der Waals surface area (Å²) in [6.07, 6.45) is 3.83. The molecule has 4 aliphatic rings. The van der Waals surface area contributed by atoms with E-state index in [-0.39, 0.29) is 16.7 Å². The summed E-state index contributed by atoms with van der Waals surface area (Å²) in [5.41, 5.74) is 10.1. The van der Waals surface area contributed by atoms with Gasteiger partial charge in [-0.1, -0.05) is 46.9 Å². The Morgan fingerprint density at radius 1 is 0.565 bits per heavy atom. The van der Waals surface area contributed by atoms with Gasteiger partial charge in [0.25, 0.3) is 0 Å². The molecular weight excluding hydrogens is 645 g/mol. The zero-order valence-corrected chi connectivity index (χ0v) is 29.4. The highest BCUT2D eigenvalue weighted by molar-refractivity contribution is 6.32. The summed E-state index contributed by atoms with van der Waals surface area (Å²) in [6, 6.07) is 19.1. The van der Waals surface area contributed by atoms with Crippen molar-refractivity contribution < 1.29 is 8.78 Å². The van der Waals surface area contributed by atoms with Crippen LogP contribution in [0.2, 0.25) is 15.1 Å². The molecular formula is C37H41Cl3F2N4. The summed E-state index contributed by atoms with van der Waals surface area (Å²) in [5, 5.41) is 2.03. The second-order valence-electron chi connectivity index (χ2n) is 12.2. The first-order valence-electron chi connectivity index (χ1n) is 15.6. The van der Waals surface area contributed by atoms with Gasteiger partial charge in [0.1, 0.15) is 11.6 Å². The molecule has 4 aromatic carbocycles. The minimum atomic E-state index is -0.251. The van der Waals surface area contributed by atoms with Crippen LogP contribution in [0.5, 0.6) is 0 Å². The minimum Gasteiger partial charge on any atom is -0.374 e. The van der Waals surface area contributed by atoms with Crippen LogP contribution in [0.25, 0.3) is 0 Å². The van der Waals surface area contributed by atoms with E-state index in [1.807, 2.05) is 37.2 Å². The van der Waals surface area contributed by atoms with E-state index in [1.165, 1.54) is 34.1 Å². The van der Waals surface area contributed by atoms with Crippen LogP contribution in [0.3, 0.4) is 0 Å². The van der Waals surface area contributed by atoms with Crippen molar-refractivity contribution in [3.8, 4) is 0 Å². The number of aryl methyl sites for hydroxylation is 1. The molecule has 4 nitrogen and oxygen atoms in total. The van der Waals surface area contributed by atoms with Gasteiger partial charge in [0, 0.05) is 98.3 Å². The van der Waals surface area contributed by atoms with Crippen LogP contribution in [0, 0.1) is 18.6 Å². The molecule has 0 N–H and O–H groups in total. The summed E-state index contributed by atoms with van der Waals surface area (Å²) >= 11 is 17.7. The fraction of sp³-hybridized carbons (Fsp3) is 0.351. The van der Waals surface area contributed by atoms with Crippen molar-refractivity contribution >= 4 is 57.6 Å². The van der Waals surface area contributed by atoms with E-state index in [9.17, 15) is 8.78 Å². The van der Waals surface area contributed by atoms with Crippen LogP contribution in [-0.4, -0.2) is 54.4 Å². The zero-order chi connectivity index (χ0) is 33.1. The Kier molecular flexibility index (Phi) is 10.9. The number of halogens is 5. The third kappa shape index (κ3) is 7.35. The Balaban J connectivity index is 0.000000121. The van der Waals surface area contributed by atoms with Crippen LogP contribution in [0.1, 0.15) is 27.8 Å². The van der Waals surface area contributed by atoms with E-state index < -0.39 is 0 Å². The Bertz CT molecular complexity index is 1650. The van der Waals surface area contributed by atoms with Gasteiger partial charge in [-0.15, -0.1) is 0 Å². The molecule has 0 radical (unpaired) electrons. The Hall–Kier alpha value is -3.19. The number of hydrogen-bond donors (Lipinski definition) is 0. The van der Waals surface area contributed by atoms with Gasteiger partial charge in [0.2, 0.25) is 0 Å². The highest BCUT2D eigenvalue weighted by Crippen LogP contribution is 2.35. The van der Waals surface area contributed by atoms with Gasteiger partial charge in [-0.3, -0.25) is 0 Å². The molecule has 0 atom stereocenters. The molecule has 0 aliphatic carbocycles. The minimum absolute atomic E-state index is 0.0631. The van der Waals surface area contributed by atoms with Gasteiger partial charge in [-0.2, -0.15) is 0 Å². The summed E-state index contributed by atoms with van der Waals surface area (Å²) in [4.78, 5) is 8.62. The SMILES string of the molecule is CN1CCc2c(F)cccc21.CN1CCc2c1ccc(Cl)c2F.CN1CCc2cc(Cl)ccc21.Cc1ccc2c(c1Cl)CCN2C. The number of anilines is 4. The molecule has 8 rings (SSSR count). The monoisotopic (exact) mass is 684 g/mol. The zero-order valence-electron chi connectivity index (χ0n) is 27.1.